The fraction of sp³-hybridized carbons (Fsp3) is 0.926. The van der Waals surface area contributed by atoms with Gasteiger partial charge in [0.2, 0.25) is 0 Å². The van der Waals surface area contributed by atoms with E-state index in [2.05, 4.69) is 56.4 Å². The van der Waals surface area contributed by atoms with Gasteiger partial charge in [-0.2, -0.15) is 0 Å². The Bertz CT molecular complexity index is 612. The molecule has 0 aromatic carbocycles. The van der Waals surface area contributed by atoms with Crippen LogP contribution in [0.15, 0.2) is 11.6 Å². The maximum absolute atomic E-state index is 10.3. The summed E-state index contributed by atoms with van der Waals surface area (Å²) in [6.07, 6.45) is 17.2. The molecule has 0 aromatic rings. The molecule has 1 N–H and O–H groups in total. The van der Waals surface area contributed by atoms with Crippen LogP contribution in [-0.2, 0) is 0 Å². The van der Waals surface area contributed by atoms with Gasteiger partial charge in [-0.25, -0.2) is 0 Å². The molecule has 0 unspecified atom stereocenters. The fourth-order valence-electron chi connectivity index (χ4n) is 8.71. The Morgan fingerprint density at radius 2 is 1.86 bits per heavy atom. The van der Waals surface area contributed by atoms with Gasteiger partial charge in [-0.3, -0.25) is 0 Å². The second-order valence-electron chi connectivity index (χ2n) is 12.1. The largest absolute Gasteiger partial charge is 0.393 e. The Kier molecular flexibility index (Phi) is 6.83. The van der Waals surface area contributed by atoms with Crippen molar-refractivity contribution >= 4 is 22.6 Å². The normalized spacial score (nSPS) is 45.3. The zero-order valence-electron chi connectivity index (χ0n) is 19.4. The van der Waals surface area contributed by atoms with Crippen LogP contribution in [0.3, 0.4) is 0 Å². The summed E-state index contributed by atoms with van der Waals surface area (Å²) < 4.78 is 1.27. The molecular formula is C27H45IO. The lowest BCUT2D eigenvalue weighted by molar-refractivity contribution is -0.0548. The van der Waals surface area contributed by atoms with Gasteiger partial charge in [0.25, 0.3) is 0 Å². The quantitative estimate of drug-likeness (QED) is 0.220. The van der Waals surface area contributed by atoms with E-state index >= 15 is 0 Å². The van der Waals surface area contributed by atoms with Crippen molar-refractivity contribution in [3.05, 3.63) is 11.6 Å². The minimum atomic E-state index is -0.0784. The lowest BCUT2D eigenvalue weighted by Crippen LogP contribution is -2.52. The molecule has 4 aliphatic rings. The number of halogens is 1. The van der Waals surface area contributed by atoms with Gasteiger partial charge in [-0.1, -0.05) is 81.2 Å². The van der Waals surface area contributed by atoms with Gasteiger partial charge in [0.15, 0.2) is 0 Å². The highest BCUT2D eigenvalue weighted by molar-refractivity contribution is 14.1. The van der Waals surface area contributed by atoms with Gasteiger partial charge >= 0.3 is 0 Å². The van der Waals surface area contributed by atoms with Crippen molar-refractivity contribution < 1.29 is 5.11 Å². The second-order valence-corrected chi connectivity index (χ2v) is 12.8. The van der Waals surface area contributed by atoms with Crippen LogP contribution in [0.2, 0.25) is 0 Å². The van der Waals surface area contributed by atoms with E-state index in [-0.39, 0.29) is 6.10 Å². The third-order valence-electron chi connectivity index (χ3n) is 10.2. The van der Waals surface area contributed by atoms with Crippen molar-refractivity contribution in [2.45, 2.75) is 104 Å². The molecule has 1 nitrogen and oxygen atoms in total. The summed E-state index contributed by atoms with van der Waals surface area (Å²) in [6, 6.07) is 0. The van der Waals surface area contributed by atoms with Gasteiger partial charge in [0, 0.05) is 9.84 Å². The number of alkyl halides is 1. The molecule has 166 valence electrons. The minimum absolute atomic E-state index is 0.0784. The fourth-order valence-corrected chi connectivity index (χ4v) is 10.1. The Hall–Kier alpha value is 0.430. The van der Waals surface area contributed by atoms with E-state index in [0.717, 1.165) is 48.3 Å². The zero-order valence-corrected chi connectivity index (χ0v) is 21.6. The molecule has 29 heavy (non-hydrogen) atoms. The van der Waals surface area contributed by atoms with E-state index in [9.17, 15) is 5.11 Å². The van der Waals surface area contributed by atoms with Gasteiger partial charge in [0.1, 0.15) is 0 Å². The van der Waals surface area contributed by atoms with Crippen molar-refractivity contribution in [2.75, 3.05) is 4.43 Å². The van der Waals surface area contributed by atoms with Crippen LogP contribution >= 0.6 is 22.6 Å². The number of fused-ring (bicyclic) bond motifs is 5. The Labute approximate surface area is 194 Å². The van der Waals surface area contributed by atoms with E-state index in [1.807, 2.05) is 0 Å². The smallest absolute Gasteiger partial charge is 0.0577 e. The highest BCUT2D eigenvalue weighted by Crippen LogP contribution is 2.67. The van der Waals surface area contributed by atoms with Crippen molar-refractivity contribution in [1.29, 1.82) is 0 Å². The van der Waals surface area contributed by atoms with E-state index < -0.39 is 0 Å². The standard InChI is InChI=1S/C27H45IO/c1-18(2)6-5-7-19(3)23-10-11-24-22-9-8-20-16-21(29)12-15-27(20,17-28)25(22)13-14-26(23,24)4/h8,18-19,21-25,29H,5-7,9-17H2,1-4H3/t19-,21+,22+,23-,24+,25+,26-,27-/m1/s1/i28-2. The summed E-state index contributed by atoms with van der Waals surface area (Å²) in [4.78, 5) is 0. The van der Waals surface area contributed by atoms with Crippen LogP contribution in [0.1, 0.15) is 98.3 Å². The molecule has 0 amide bonds. The Morgan fingerprint density at radius 3 is 2.59 bits per heavy atom. The van der Waals surface area contributed by atoms with Gasteiger partial charge < -0.3 is 5.11 Å². The van der Waals surface area contributed by atoms with Crippen LogP contribution in [0.5, 0.6) is 0 Å². The molecule has 3 saturated carbocycles. The third-order valence-corrected chi connectivity index (χ3v) is 11.6. The van der Waals surface area contributed by atoms with E-state index in [1.165, 1.54) is 62.2 Å². The van der Waals surface area contributed by atoms with Crippen LogP contribution in [-0.4, -0.2) is 15.6 Å². The van der Waals surface area contributed by atoms with Gasteiger partial charge in [-0.15, -0.1) is 0 Å². The third kappa shape index (κ3) is 3.89. The predicted octanol–water partition coefficient (Wildman–Crippen LogP) is 7.80. The number of hydrogen-bond donors (Lipinski definition) is 1. The molecule has 0 radical (unpaired) electrons. The van der Waals surface area contributed by atoms with Gasteiger partial charge in [-0.05, 0) is 92.3 Å². The van der Waals surface area contributed by atoms with Gasteiger partial charge in [0.05, 0.1) is 6.10 Å². The molecule has 0 saturated heterocycles. The maximum atomic E-state index is 10.3. The summed E-state index contributed by atoms with van der Waals surface area (Å²) in [5, 5.41) is 10.3. The molecule has 0 aromatic heterocycles. The monoisotopic (exact) mass is 510 g/mol. The first-order chi connectivity index (χ1) is 13.8. The summed E-state index contributed by atoms with van der Waals surface area (Å²) in [5.41, 5.74) is 2.65. The predicted molar refractivity (Wildman–Crippen MR) is 132 cm³/mol. The Morgan fingerprint density at radius 1 is 1.07 bits per heavy atom. The van der Waals surface area contributed by atoms with E-state index in [0.29, 0.717) is 10.8 Å². The lowest BCUT2D eigenvalue weighted by Gasteiger charge is -2.59. The SMILES string of the molecule is CC(C)CCC[C@@H](C)[C@H]1CC[C@H]2[C@@H]3CC=C4C[C@@H](O)CC[C@]4(C[125I])[C@H]3CC[C@]12C. The first-order valence-corrected chi connectivity index (χ1v) is 14.3. The molecule has 4 rings (SSSR count). The van der Waals surface area contributed by atoms with Crippen molar-refractivity contribution in [3.8, 4) is 0 Å². The lowest BCUT2D eigenvalue weighted by atomic mass is 9.47. The average molecular weight is 511 g/mol. The summed E-state index contributed by atoms with van der Waals surface area (Å²) in [6.45, 7) is 10.0. The first kappa shape index (κ1) is 22.6. The maximum Gasteiger partial charge on any atom is 0.0577 e. The van der Waals surface area contributed by atoms with Crippen molar-refractivity contribution in [1.82, 2.24) is 0 Å². The molecule has 0 spiro atoms. The van der Waals surface area contributed by atoms with E-state index in [1.54, 1.807) is 5.57 Å². The molecule has 0 heterocycles. The molecule has 4 aliphatic carbocycles. The zero-order chi connectivity index (χ0) is 20.8. The highest BCUT2D eigenvalue weighted by atomic mass is 125. The highest BCUT2D eigenvalue weighted by Gasteiger charge is 2.59. The molecule has 3 fully saturated rings. The number of rotatable bonds is 6. The topological polar surface area (TPSA) is 20.2 Å². The number of aliphatic hydroxyl groups excluding tert-OH is 1. The van der Waals surface area contributed by atoms with Crippen LogP contribution < -0.4 is 0 Å². The number of aliphatic hydroxyl groups is 1. The second kappa shape index (κ2) is 8.75. The summed E-state index contributed by atoms with van der Waals surface area (Å²) in [7, 11) is 0. The summed E-state index contributed by atoms with van der Waals surface area (Å²) in [5.74, 6) is 5.46. The van der Waals surface area contributed by atoms with E-state index in [4.69, 9.17) is 0 Å². The van der Waals surface area contributed by atoms with Crippen LogP contribution in [0.25, 0.3) is 0 Å². The molecule has 8 atom stereocenters. The average Bonchev–Trinajstić information content (AvgIpc) is 3.04. The van der Waals surface area contributed by atoms with Crippen LogP contribution in [0.4, 0.5) is 0 Å². The first-order valence-electron chi connectivity index (χ1n) is 12.8. The Balaban J connectivity index is 1.51. The molecular weight excluding hydrogens is 465 g/mol. The molecule has 0 bridgehead atoms. The molecule has 2 heteroatoms. The number of allylic oxidation sites excluding steroid dienone is 1. The van der Waals surface area contributed by atoms with Crippen molar-refractivity contribution in [2.24, 2.45) is 46.3 Å². The molecule has 0 aliphatic heterocycles. The van der Waals surface area contributed by atoms with Crippen molar-refractivity contribution in [3.63, 3.8) is 0 Å². The van der Waals surface area contributed by atoms with Crippen LogP contribution in [0, 0.1) is 46.3 Å². The minimum Gasteiger partial charge on any atom is -0.393 e. The number of hydrogen-bond acceptors (Lipinski definition) is 1. The summed E-state index contributed by atoms with van der Waals surface area (Å²) >= 11 is 2.68.